The summed E-state index contributed by atoms with van der Waals surface area (Å²) < 4.78 is 16.6. The molecule has 0 atom stereocenters. The fourth-order valence-corrected chi connectivity index (χ4v) is 3.54. The number of methoxy groups -OCH3 is 2. The molecule has 172 valence electrons. The number of carbonyl (C=O) groups is 2. The molecule has 2 aromatic carbocycles. The highest BCUT2D eigenvalue weighted by molar-refractivity contribution is 6.02. The number of rotatable bonds is 6. The number of hydrogen-bond acceptors (Lipinski definition) is 5. The van der Waals surface area contributed by atoms with Gasteiger partial charge in [-0.15, -0.1) is 0 Å². The number of hydrogen-bond donors (Lipinski definition) is 2. The van der Waals surface area contributed by atoms with E-state index in [4.69, 9.17) is 14.2 Å². The minimum atomic E-state index is -0.651. The number of nitrogens with one attached hydrogen (secondary N) is 2. The topological polar surface area (TPSA) is 89.1 Å². The van der Waals surface area contributed by atoms with Crippen molar-refractivity contribution in [1.82, 2.24) is 0 Å². The van der Waals surface area contributed by atoms with Crippen LogP contribution < -0.4 is 29.7 Å². The second kappa shape index (κ2) is 9.38. The third-order valence-electron chi connectivity index (χ3n) is 5.12. The maximum Gasteiger partial charge on any atom is 0.323 e. The van der Waals surface area contributed by atoms with E-state index in [9.17, 15) is 9.59 Å². The number of anilines is 3. The van der Waals surface area contributed by atoms with Crippen molar-refractivity contribution in [1.29, 1.82) is 0 Å². The van der Waals surface area contributed by atoms with Crippen LogP contribution in [0.1, 0.15) is 27.7 Å². The van der Waals surface area contributed by atoms with Gasteiger partial charge in [-0.25, -0.2) is 4.79 Å². The van der Waals surface area contributed by atoms with Crippen molar-refractivity contribution >= 4 is 29.0 Å². The van der Waals surface area contributed by atoms with Gasteiger partial charge in [-0.05, 0) is 44.0 Å². The Hall–Kier alpha value is -3.42. The molecule has 0 fully saturated rings. The van der Waals surface area contributed by atoms with Crippen LogP contribution in [-0.2, 0) is 4.79 Å². The fourth-order valence-electron chi connectivity index (χ4n) is 3.54. The van der Waals surface area contributed by atoms with Crippen molar-refractivity contribution in [2.75, 3.05) is 42.9 Å². The Morgan fingerprint density at radius 1 is 1.16 bits per heavy atom. The van der Waals surface area contributed by atoms with E-state index in [1.807, 2.05) is 13.8 Å². The maximum absolute atomic E-state index is 13.1. The van der Waals surface area contributed by atoms with Gasteiger partial charge in [-0.1, -0.05) is 19.9 Å². The number of amides is 3. The quantitative estimate of drug-likeness (QED) is 0.675. The normalized spacial score (nSPS) is 14.8. The summed E-state index contributed by atoms with van der Waals surface area (Å²) >= 11 is 0. The van der Waals surface area contributed by atoms with Crippen LogP contribution in [-0.4, -0.2) is 39.3 Å². The molecular weight excluding hydrogens is 410 g/mol. The molecule has 32 heavy (non-hydrogen) atoms. The number of carbonyl (C=O) groups excluding carboxylic acids is 2. The number of fused-ring (bicyclic) bond motifs is 1. The molecule has 0 aliphatic carbocycles. The Morgan fingerprint density at radius 3 is 2.56 bits per heavy atom. The van der Waals surface area contributed by atoms with Gasteiger partial charge in [0.2, 0.25) is 5.91 Å². The van der Waals surface area contributed by atoms with E-state index in [1.165, 1.54) is 14.2 Å². The van der Waals surface area contributed by atoms with E-state index >= 15 is 0 Å². The predicted molar refractivity (Wildman–Crippen MR) is 125 cm³/mol. The molecule has 1 heterocycles. The van der Waals surface area contributed by atoms with Crippen molar-refractivity contribution in [3.63, 3.8) is 0 Å². The van der Waals surface area contributed by atoms with Crippen molar-refractivity contribution in [3.05, 3.63) is 36.4 Å². The molecule has 2 N–H and O–H groups in total. The van der Waals surface area contributed by atoms with Crippen LogP contribution in [0, 0.1) is 11.3 Å². The number of urea groups is 1. The zero-order valence-corrected chi connectivity index (χ0v) is 19.4. The van der Waals surface area contributed by atoms with E-state index < -0.39 is 11.4 Å². The summed E-state index contributed by atoms with van der Waals surface area (Å²) in [5.41, 5.74) is 1.07. The van der Waals surface area contributed by atoms with Gasteiger partial charge >= 0.3 is 6.03 Å². The SMILES string of the molecule is COc1cccc(NC(=O)Nc2ccc3c(c2)OCC(C)(C)C(=O)N3CC(C)C)c1OC. The molecular formula is C24H31N3O5. The van der Waals surface area contributed by atoms with Crippen LogP contribution in [0.5, 0.6) is 17.2 Å². The molecule has 1 aliphatic heterocycles. The minimum Gasteiger partial charge on any atom is -0.493 e. The second-order valence-electron chi connectivity index (χ2n) is 8.78. The van der Waals surface area contributed by atoms with Gasteiger partial charge in [0.1, 0.15) is 12.4 Å². The zero-order valence-electron chi connectivity index (χ0n) is 19.4. The summed E-state index contributed by atoms with van der Waals surface area (Å²) in [6.45, 7) is 8.73. The molecule has 0 saturated carbocycles. The van der Waals surface area contributed by atoms with Gasteiger partial charge in [-0.3, -0.25) is 4.79 Å². The average molecular weight is 442 g/mol. The highest BCUT2D eigenvalue weighted by Crippen LogP contribution is 2.39. The summed E-state index contributed by atoms with van der Waals surface area (Å²) in [6, 6.07) is 10.1. The average Bonchev–Trinajstić information content (AvgIpc) is 2.83. The van der Waals surface area contributed by atoms with Gasteiger partial charge < -0.3 is 29.7 Å². The molecule has 0 spiro atoms. The monoisotopic (exact) mass is 441 g/mol. The summed E-state index contributed by atoms with van der Waals surface area (Å²) in [5.74, 6) is 1.82. The first kappa shape index (κ1) is 23.2. The molecule has 0 bridgehead atoms. The third kappa shape index (κ3) is 4.90. The first-order valence-corrected chi connectivity index (χ1v) is 10.5. The van der Waals surface area contributed by atoms with Gasteiger partial charge in [-0.2, -0.15) is 0 Å². The van der Waals surface area contributed by atoms with E-state index in [2.05, 4.69) is 24.5 Å². The first-order chi connectivity index (χ1) is 15.2. The van der Waals surface area contributed by atoms with Crippen LogP contribution in [0.2, 0.25) is 0 Å². The number of ether oxygens (including phenoxy) is 3. The molecule has 8 nitrogen and oxygen atoms in total. The maximum atomic E-state index is 13.1. The zero-order chi connectivity index (χ0) is 23.5. The molecule has 3 rings (SSSR count). The minimum absolute atomic E-state index is 0.0218. The van der Waals surface area contributed by atoms with Crippen molar-refractivity contribution < 1.29 is 23.8 Å². The largest absolute Gasteiger partial charge is 0.493 e. The van der Waals surface area contributed by atoms with Crippen LogP contribution in [0.3, 0.4) is 0 Å². The van der Waals surface area contributed by atoms with Gasteiger partial charge in [0, 0.05) is 18.3 Å². The third-order valence-corrected chi connectivity index (χ3v) is 5.12. The summed E-state index contributed by atoms with van der Waals surface area (Å²) in [6.07, 6.45) is 0. The van der Waals surface area contributed by atoms with Gasteiger partial charge in [0.15, 0.2) is 11.5 Å². The van der Waals surface area contributed by atoms with Crippen LogP contribution >= 0.6 is 0 Å². The van der Waals surface area contributed by atoms with E-state index in [-0.39, 0.29) is 12.5 Å². The smallest absolute Gasteiger partial charge is 0.323 e. The van der Waals surface area contributed by atoms with Crippen molar-refractivity contribution in [2.45, 2.75) is 27.7 Å². The number of benzene rings is 2. The number of para-hydroxylation sites is 1. The highest BCUT2D eigenvalue weighted by atomic mass is 16.5. The molecule has 0 unspecified atom stereocenters. The molecule has 0 saturated heterocycles. The number of nitrogens with zero attached hydrogens (tertiary/aromatic N) is 1. The Morgan fingerprint density at radius 2 is 1.91 bits per heavy atom. The van der Waals surface area contributed by atoms with Gasteiger partial charge in [0.25, 0.3) is 0 Å². The molecule has 0 aromatic heterocycles. The van der Waals surface area contributed by atoms with Gasteiger partial charge in [0.05, 0.1) is 31.0 Å². The lowest BCUT2D eigenvalue weighted by atomic mass is 9.92. The molecule has 8 heteroatoms. The molecule has 3 amide bonds. The second-order valence-corrected chi connectivity index (χ2v) is 8.78. The lowest BCUT2D eigenvalue weighted by molar-refractivity contribution is -0.127. The van der Waals surface area contributed by atoms with Crippen molar-refractivity contribution in [3.8, 4) is 17.2 Å². The lowest BCUT2D eigenvalue weighted by Gasteiger charge is -2.29. The Balaban J connectivity index is 1.83. The fraction of sp³-hybridized carbons (Fsp3) is 0.417. The van der Waals surface area contributed by atoms with E-state index in [1.54, 1.807) is 41.3 Å². The standard InChI is InChI=1S/C24H31N3O5/c1-15(2)13-27-18-11-10-16(12-20(18)32-14-24(3,4)22(27)28)25-23(29)26-17-8-7-9-19(30-5)21(17)31-6/h7-12,15H,13-14H2,1-6H3,(H2,25,26,29). The summed E-state index contributed by atoms with van der Waals surface area (Å²) in [7, 11) is 3.04. The molecule has 2 aromatic rings. The molecule has 0 radical (unpaired) electrons. The first-order valence-electron chi connectivity index (χ1n) is 10.5. The van der Waals surface area contributed by atoms with E-state index in [0.717, 1.165) is 0 Å². The van der Waals surface area contributed by atoms with Crippen LogP contribution in [0.15, 0.2) is 36.4 Å². The van der Waals surface area contributed by atoms with Crippen LogP contribution in [0.4, 0.5) is 21.9 Å². The van der Waals surface area contributed by atoms with Crippen molar-refractivity contribution in [2.24, 2.45) is 11.3 Å². The molecule has 1 aliphatic rings. The summed E-state index contributed by atoms with van der Waals surface area (Å²) in [4.78, 5) is 27.5. The Kier molecular flexibility index (Phi) is 6.81. The van der Waals surface area contributed by atoms with E-state index in [0.29, 0.717) is 46.8 Å². The van der Waals surface area contributed by atoms with Crippen LogP contribution in [0.25, 0.3) is 0 Å². The summed E-state index contributed by atoms with van der Waals surface area (Å²) in [5, 5.41) is 5.58. The lowest BCUT2D eigenvalue weighted by Crippen LogP contribution is -2.43. The Bertz CT molecular complexity index is 1000. The Labute approximate surface area is 188 Å². The predicted octanol–water partition coefficient (Wildman–Crippen LogP) is 4.76. The highest BCUT2D eigenvalue weighted by Gasteiger charge is 2.38.